The molecule has 3 nitrogen and oxygen atoms in total. The van der Waals surface area contributed by atoms with Crippen molar-refractivity contribution in [1.29, 1.82) is 0 Å². The maximum absolute atomic E-state index is 11.7. The Balaban J connectivity index is 2.35. The van der Waals surface area contributed by atoms with Crippen molar-refractivity contribution in [3.63, 3.8) is 0 Å². The summed E-state index contributed by atoms with van der Waals surface area (Å²) in [5, 5.41) is 3.66. The summed E-state index contributed by atoms with van der Waals surface area (Å²) in [4.78, 5) is 0. The van der Waals surface area contributed by atoms with E-state index in [-0.39, 0.29) is 11.5 Å². The van der Waals surface area contributed by atoms with Crippen molar-refractivity contribution in [2.45, 2.75) is 26.2 Å². The van der Waals surface area contributed by atoms with Gasteiger partial charge in [0.2, 0.25) is 0 Å². The summed E-state index contributed by atoms with van der Waals surface area (Å²) < 4.78 is 23.4. The number of benzene rings is 1. The second-order valence-corrected chi connectivity index (χ2v) is 6.98. The maximum Gasteiger partial charge on any atom is 0.152 e. The molecule has 102 valence electrons. The van der Waals surface area contributed by atoms with Gasteiger partial charge in [-0.3, -0.25) is 0 Å². The first kappa shape index (κ1) is 15.3. The molecule has 0 aliphatic rings. The smallest absolute Gasteiger partial charge is 0.152 e. The molecule has 1 aromatic rings. The quantitative estimate of drug-likeness (QED) is 0.747. The van der Waals surface area contributed by atoms with E-state index in [9.17, 15) is 8.42 Å². The van der Waals surface area contributed by atoms with Gasteiger partial charge in [-0.1, -0.05) is 43.5 Å². The van der Waals surface area contributed by atoms with E-state index in [1.807, 2.05) is 18.2 Å². The Morgan fingerprint density at radius 1 is 1.17 bits per heavy atom. The third kappa shape index (κ3) is 5.74. The summed E-state index contributed by atoms with van der Waals surface area (Å²) in [6.07, 6.45) is 2.76. The van der Waals surface area contributed by atoms with Crippen LogP contribution >= 0.6 is 11.6 Å². The third-order valence-corrected chi connectivity index (χ3v) is 4.73. The van der Waals surface area contributed by atoms with Gasteiger partial charge in [0.1, 0.15) is 0 Å². The van der Waals surface area contributed by atoms with Crippen LogP contribution < -0.4 is 5.32 Å². The van der Waals surface area contributed by atoms with Gasteiger partial charge in [0.25, 0.3) is 0 Å². The fourth-order valence-corrected chi connectivity index (χ4v) is 3.08. The van der Waals surface area contributed by atoms with Crippen LogP contribution in [0.4, 0.5) is 5.69 Å². The van der Waals surface area contributed by atoms with E-state index in [0.717, 1.165) is 24.9 Å². The van der Waals surface area contributed by atoms with Gasteiger partial charge < -0.3 is 5.32 Å². The van der Waals surface area contributed by atoms with E-state index in [4.69, 9.17) is 11.6 Å². The molecular formula is C13H20ClNO2S. The largest absolute Gasteiger partial charge is 0.383 e. The molecular weight excluding hydrogens is 270 g/mol. The lowest BCUT2D eigenvalue weighted by Crippen LogP contribution is -2.18. The summed E-state index contributed by atoms with van der Waals surface area (Å²) in [6, 6.07) is 7.32. The zero-order valence-electron chi connectivity index (χ0n) is 10.7. The van der Waals surface area contributed by atoms with Crippen molar-refractivity contribution >= 4 is 27.1 Å². The van der Waals surface area contributed by atoms with Crippen LogP contribution in [0.2, 0.25) is 5.02 Å². The molecule has 0 saturated heterocycles. The number of hydrogen-bond donors (Lipinski definition) is 1. The Bertz CT molecular complexity index is 460. The molecule has 1 N–H and O–H groups in total. The molecule has 0 aliphatic heterocycles. The minimum absolute atomic E-state index is 0.155. The highest BCUT2D eigenvalue weighted by Gasteiger charge is 2.10. The first-order valence-corrected chi connectivity index (χ1v) is 8.44. The van der Waals surface area contributed by atoms with Gasteiger partial charge in [0, 0.05) is 6.54 Å². The van der Waals surface area contributed by atoms with Crippen molar-refractivity contribution in [1.82, 2.24) is 0 Å². The summed E-state index contributed by atoms with van der Waals surface area (Å²) >= 11 is 5.96. The van der Waals surface area contributed by atoms with E-state index in [0.29, 0.717) is 11.6 Å². The molecule has 0 unspecified atom stereocenters. The Kier molecular flexibility index (Phi) is 6.50. The molecule has 0 heterocycles. The highest BCUT2D eigenvalue weighted by atomic mass is 35.5. The molecule has 0 amide bonds. The topological polar surface area (TPSA) is 46.2 Å². The molecule has 1 aromatic carbocycles. The van der Waals surface area contributed by atoms with Crippen LogP contribution in [0.3, 0.4) is 0 Å². The van der Waals surface area contributed by atoms with Gasteiger partial charge in [-0.05, 0) is 18.6 Å². The molecule has 5 heteroatoms. The van der Waals surface area contributed by atoms with Crippen LogP contribution in [0, 0.1) is 0 Å². The first-order chi connectivity index (χ1) is 8.55. The minimum atomic E-state index is -2.94. The third-order valence-electron chi connectivity index (χ3n) is 2.66. The molecule has 0 saturated carbocycles. The van der Waals surface area contributed by atoms with Crippen LogP contribution in [0.15, 0.2) is 24.3 Å². The number of sulfone groups is 1. The second kappa shape index (κ2) is 7.64. The van der Waals surface area contributed by atoms with E-state index in [1.165, 1.54) is 0 Å². The lowest BCUT2D eigenvalue weighted by molar-refractivity contribution is 0.591. The van der Waals surface area contributed by atoms with Gasteiger partial charge in [0.15, 0.2) is 9.84 Å². The Morgan fingerprint density at radius 2 is 1.89 bits per heavy atom. The monoisotopic (exact) mass is 289 g/mol. The molecule has 0 bridgehead atoms. The van der Waals surface area contributed by atoms with Crippen molar-refractivity contribution < 1.29 is 8.42 Å². The summed E-state index contributed by atoms with van der Waals surface area (Å²) in [7, 11) is -2.94. The molecule has 0 spiro atoms. The number of para-hydroxylation sites is 1. The fraction of sp³-hybridized carbons (Fsp3) is 0.538. The van der Waals surface area contributed by atoms with Crippen molar-refractivity contribution in [3.05, 3.63) is 29.3 Å². The number of anilines is 1. The number of unbranched alkanes of at least 4 members (excludes halogenated alkanes) is 2. The number of nitrogens with one attached hydrogen (secondary N) is 1. The van der Waals surface area contributed by atoms with E-state index >= 15 is 0 Å². The minimum Gasteiger partial charge on any atom is -0.383 e. The average molecular weight is 290 g/mol. The molecule has 0 atom stereocenters. The lowest BCUT2D eigenvalue weighted by Gasteiger charge is -2.08. The lowest BCUT2D eigenvalue weighted by atomic mass is 10.3. The maximum atomic E-state index is 11.7. The van der Waals surface area contributed by atoms with Gasteiger partial charge in [0.05, 0.1) is 22.2 Å². The SMILES string of the molecule is CCCCCS(=O)(=O)CCNc1ccccc1Cl. The summed E-state index contributed by atoms with van der Waals surface area (Å²) in [6.45, 7) is 2.46. The van der Waals surface area contributed by atoms with Crippen LogP contribution in [0.25, 0.3) is 0 Å². The van der Waals surface area contributed by atoms with Crippen LogP contribution in [0.5, 0.6) is 0 Å². The number of rotatable bonds is 8. The van der Waals surface area contributed by atoms with E-state index in [2.05, 4.69) is 12.2 Å². The zero-order valence-corrected chi connectivity index (χ0v) is 12.2. The van der Waals surface area contributed by atoms with Crippen molar-refractivity contribution in [2.75, 3.05) is 23.4 Å². The fourth-order valence-electron chi connectivity index (χ4n) is 1.62. The van der Waals surface area contributed by atoms with Crippen LogP contribution in [0.1, 0.15) is 26.2 Å². The molecule has 0 fully saturated rings. The van der Waals surface area contributed by atoms with Crippen molar-refractivity contribution in [2.24, 2.45) is 0 Å². The molecule has 0 aliphatic carbocycles. The number of halogens is 1. The van der Waals surface area contributed by atoms with Crippen LogP contribution in [-0.2, 0) is 9.84 Å². The Labute approximate surface area is 114 Å². The molecule has 1 rings (SSSR count). The van der Waals surface area contributed by atoms with Gasteiger partial charge in [-0.15, -0.1) is 0 Å². The Hall–Kier alpha value is -0.740. The average Bonchev–Trinajstić information content (AvgIpc) is 2.32. The highest BCUT2D eigenvalue weighted by Crippen LogP contribution is 2.19. The first-order valence-electron chi connectivity index (χ1n) is 6.24. The van der Waals surface area contributed by atoms with Gasteiger partial charge >= 0.3 is 0 Å². The standard InChI is InChI=1S/C13H20ClNO2S/c1-2-3-6-10-18(16,17)11-9-15-13-8-5-4-7-12(13)14/h4-5,7-8,15H,2-3,6,9-11H2,1H3. The summed E-state index contributed by atoms with van der Waals surface area (Å²) in [5.74, 6) is 0.437. The number of hydrogen-bond acceptors (Lipinski definition) is 3. The van der Waals surface area contributed by atoms with Gasteiger partial charge in [-0.25, -0.2) is 8.42 Å². The normalized spacial score (nSPS) is 11.4. The van der Waals surface area contributed by atoms with E-state index < -0.39 is 9.84 Å². The molecule has 0 aromatic heterocycles. The van der Waals surface area contributed by atoms with E-state index in [1.54, 1.807) is 6.07 Å². The van der Waals surface area contributed by atoms with Crippen molar-refractivity contribution in [3.8, 4) is 0 Å². The molecule has 0 radical (unpaired) electrons. The second-order valence-electron chi connectivity index (χ2n) is 4.27. The molecule has 18 heavy (non-hydrogen) atoms. The van der Waals surface area contributed by atoms with Gasteiger partial charge in [-0.2, -0.15) is 0 Å². The predicted octanol–water partition coefficient (Wildman–Crippen LogP) is 3.36. The predicted molar refractivity (Wildman–Crippen MR) is 78.1 cm³/mol. The highest BCUT2D eigenvalue weighted by molar-refractivity contribution is 7.91. The zero-order chi connectivity index (χ0) is 13.4. The Morgan fingerprint density at radius 3 is 2.56 bits per heavy atom. The van der Waals surface area contributed by atoms with Crippen LogP contribution in [-0.4, -0.2) is 26.5 Å². The summed E-state index contributed by atoms with van der Waals surface area (Å²) in [5.41, 5.74) is 0.780.